The molecule has 1 unspecified atom stereocenters. The fourth-order valence-electron chi connectivity index (χ4n) is 3.97. The van der Waals surface area contributed by atoms with Crippen LogP contribution in [0.2, 0.25) is 0 Å². The number of hydrogen-bond acceptors (Lipinski definition) is 5. The minimum Gasteiger partial charge on any atom is -0.448 e. The fraction of sp³-hybridized carbons (Fsp3) is 0.882. The van der Waals surface area contributed by atoms with Gasteiger partial charge >= 0.3 is 6.09 Å². The third-order valence-corrected chi connectivity index (χ3v) is 5.08. The zero-order chi connectivity index (χ0) is 16.7. The summed E-state index contributed by atoms with van der Waals surface area (Å²) in [6.45, 7) is 4.44. The van der Waals surface area contributed by atoms with Crippen molar-refractivity contribution in [3.63, 3.8) is 0 Å². The number of nitrogens with one attached hydrogen (secondary N) is 1. The van der Waals surface area contributed by atoms with Gasteiger partial charge in [-0.3, -0.25) is 4.90 Å². The average Bonchev–Trinajstić information content (AvgIpc) is 3.04. The van der Waals surface area contributed by atoms with E-state index in [0.29, 0.717) is 25.6 Å². The van der Waals surface area contributed by atoms with E-state index in [-0.39, 0.29) is 17.4 Å². The Hall–Kier alpha value is -1.14. The lowest BCUT2D eigenvalue weighted by Gasteiger charge is -2.34. The first kappa shape index (κ1) is 18.2. The maximum atomic E-state index is 11.8. The predicted octanol–water partition coefficient (Wildman–Crippen LogP) is 2.12. The number of fused-ring (bicyclic) bond motifs is 1. The molecule has 2 heterocycles. The molecule has 6 nitrogen and oxygen atoms in total. The maximum Gasteiger partial charge on any atom is 0.407 e. The second-order valence-electron chi connectivity index (χ2n) is 6.83. The van der Waals surface area contributed by atoms with Crippen LogP contribution >= 0.6 is 0 Å². The largest absolute Gasteiger partial charge is 0.448 e. The quantitative estimate of drug-likeness (QED) is 0.657. The van der Waals surface area contributed by atoms with Crippen LogP contribution in [0.25, 0.3) is 0 Å². The molecule has 1 N–H and O–H groups in total. The Balaban J connectivity index is 1.64. The van der Waals surface area contributed by atoms with Gasteiger partial charge in [-0.15, -0.1) is 0 Å². The SMILES string of the molecule is COCC12CCCN1[C@@H](COC(=O)NCCCCC(C)=O)CC2. The van der Waals surface area contributed by atoms with Gasteiger partial charge in [0.2, 0.25) is 0 Å². The summed E-state index contributed by atoms with van der Waals surface area (Å²) < 4.78 is 10.8. The van der Waals surface area contributed by atoms with Gasteiger partial charge < -0.3 is 19.6 Å². The molecule has 2 fully saturated rings. The molecule has 0 aliphatic carbocycles. The van der Waals surface area contributed by atoms with Crippen molar-refractivity contribution in [2.45, 2.75) is 63.5 Å². The monoisotopic (exact) mass is 326 g/mol. The first-order valence-corrected chi connectivity index (χ1v) is 8.73. The van der Waals surface area contributed by atoms with E-state index in [9.17, 15) is 9.59 Å². The number of nitrogens with zero attached hydrogens (tertiary/aromatic N) is 1. The summed E-state index contributed by atoms with van der Waals surface area (Å²) in [6.07, 6.45) is 6.41. The first-order chi connectivity index (χ1) is 11.1. The highest BCUT2D eigenvalue weighted by atomic mass is 16.5. The van der Waals surface area contributed by atoms with Crippen molar-refractivity contribution >= 4 is 11.9 Å². The second-order valence-corrected chi connectivity index (χ2v) is 6.83. The summed E-state index contributed by atoms with van der Waals surface area (Å²) >= 11 is 0. The molecule has 0 aromatic rings. The molecule has 23 heavy (non-hydrogen) atoms. The molecule has 2 rings (SSSR count). The third kappa shape index (κ3) is 4.91. The van der Waals surface area contributed by atoms with Gasteiger partial charge in [-0.1, -0.05) is 0 Å². The molecule has 0 spiro atoms. The lowest BCUT2D eigenvalue weighted by Crippen LogP contribution is -2.47. The molecule has 6 heteroatoms. The van der Waals surface area contributed by atoms with Gasteiger partial charge in [-0.25, -0.2) is 4.79 Å². The molecule has 2 atom stereocenters. The number of Topliss-reactive ketones (excluding diaryl/α,β-unsaturated/α-hetero) is 1. The van der Waals surface area contributed by atoms with Crippen molar-refractivity contribution in [2.24, 2.45) is 0 Å². The smallest absolute Gasteiger partial charge is 0.407 e. The molecule has 0 aromatic carbocycles. The van der Waals surface area contributed by atoms with Crippen LogP contribution in [-0.2, 0) is 14.3 Å². The van der Waals surface area contributed by atoms with Crippen molar-refractivity contribution in [1.29, 1.82) is 0 Å². The summed E-state index contributed by atoms with van der Waals surface area (Å²) in [7, 11) is 1.76. The van der Waals surface area contributed by atoms with Gasteiger partial charge in [-0.05, 0) is 52.0 Å². The van der Waals surface area contributed by atoms with Gasteiger partial charge in [0, 0.05) is 31.7 Å². The molecule has 132 valence electrons. The summed E-state index contributed by atoms with van der Waals surface area (Å²) in [5.41, 5.74) is 0.173. The second kappa shape index (κ2) is 8.64. The first-order valence-electron chi connectivity index (χ1n) is 8.73. The Morgan fingerprint density at radius 1 is 1.30 bits per heavy atom. The van der Waals surface area contributed by atoms with Crippen molar-refractivity contribution < 1.29 is 19.1 Å². The molecular weight excluding hydrogens is 296 g/mol. The molecule has 0 aromatic heterocycles. The van der Waals surface area contributed by atoms with Gasteiger partial charge in [0.15, 0.2) is 0 Å². The van der Waals surface area contributed by atoms with Crippen LogP contribution < -0.4 is 5.32 Å². The summed E-state index contributed by atoms with van der Waals surface area (Å²) in [5.74, 6) is 0.193. The zero-order valence-corrected chi connectivity index (χ0v) is 14.4. The summed E-state index contributed by atoms with van der Waals surface area (Å²) in [4.78, 5) is 25.1. The van der Waals surface area contributed by atoms with E-state index in [1.54, 1.807) is 14.0 Å². The summed E-state index contributed by atoms with van der Waals surface area (Å²) in [5, 5.41) is 2.76. The molecule has 0 radical (unpaired) electrons. The topological polar surface area (TPSA) is 67.9 Å². The Labute approximate surface area is 138 Å². The third-order valence-electron chi connectivity index (χ3n) is 5.08. The van der Waals surface area contributed by atoms with Crippen LogP contribution in [0.3, 0.4) is 0 Å². The number of alkyl carbamates (subject to hydrolysis) is 1. The van der Waals surface area contributed by atoms with Crippen LogP contribution in [0.5, 0.6) is 0 Å². The van der Waals surface area contributed by atoms with Crippen LogP contribution in [0.1, 0.15) is 51.9 Å². The van der Waals surface area contributed by atoms with E-state index in [4.69, 9.17) is 9.47 Å². The summed E-state index contributed by atoms with van der Waals surface area (Å²) in [6, 6.07) is 0.316. The number of hydrogen-bond donors (Lipinski definition) is 1. The maximum absolute atomic E-state index is 11.8. The van der Waals surface area contributed by atoms with Crippen molar-refractivity contribution in [1.82, 2.24) is 10.2 Å². The Kier molecular flexibility index (Phi) is 6.84. The Morgan fingerprint density at radius 2 is 2.13 bits per heavy atom. The van der Waals surface area contributed by atoms with Crippen molar-refractivity contribution in [2.75, 3.05) is 33.4 Å². The highest BCUT2D eigenvalue weighted by Gasteiger charge is 2.49. The fourth-order valence-corrected chi connectivity index (χ4v) is 3.97. The van der Waals surface area contributed by atoms with E-state index in [2.05, 4.69) is 10.2 Å². The lowest BCUT2D eigenvalue weighted by atomic mass is 9.95. The standard InChI is InChI=1S/C17H30N2O4/c1-14(20)6-3-4-10-18-16(21)23-12-15-7-9-17(13-22-2)8-5-11-19(15)17/h15H,3-13H2,1-2H3,(H,18,21)/t15-,17?/m1/s1. The van der Waals surface area contributed by atoms with Crippen LogP contribution in [0.4, 0.5) is 4.79 Å². The highest BCUT2D eigenvalue weighted by molar-refractivity contribution is 5.75. The predicted molar refractivity (Wildman–Crippen MR) is 87.5 cm³/mol. The molecular formula is C17H30N2O4. The lowest BCUT2D eigenvalue weighted by molar-refractivity contribution is -0.117. The molecule has 1 amide bonds. The van der Waals surface area contributed by atoms with Crippen molar-refractivity contribution in [3.05, 3.63) is 0 Å². The van der Waals surface area contributed by atoms with Gasteiger partial charge in [0.05, 0.1) is 6.61 Å². The Morgan fingerprint density at radius 3 is 2.87 bits per heavy atom. The molecule has 2 saturated heterocycles. The zero-order valence-electron chi connectivity index (χ0n) is 14.4. The minimum absolute atomic E-state index is 0.173. The van der Waals surface area contributed by atoms with E-state index in [1.165, 1.54) is 12.8 Å². The van der Waals surface area contributed by atoms with E-state index in [0.717, 1.165) is 38.8 Å². The van der Waals surface area contributed by atoms with E-state index >= 15 is 0 Å². The van der Waals surface area contributed by atoms with Gasteiger partial charge in [-0.2, -0.15) is 0 Å². The molecule has 2 aliphatic heterocycles. The van der Waals surface area contributed by atoms with E-state index in [1.807, 2.05) is 0 Å². The van der Waals surface area contributed by atoms with Crippen LogP contribution in [0.15, 0.2) is 0 Å². The molecule has 0 saturated carbocycles. The number of carbonyl (C=O) groups is 2. The van der Waals surface area contributed by atoms with Gasteiger partial charge in [0.1, 0.15) is 12.4 Å². The van der Waals surface area contributed by atoms with Crippen LogP contribution in [0, 0.1) is 0 Å². The number of ether oxygens (including phenoxy) is 2. The highest BCUT2D eigenvalue weighted by Crippen LogP contribution is 2.42. The normalized spacial score (nSPS) is 27.0. The number of carbonyl (C=O) groups excluding carboxylic acids is 2. The number of methoxy groups -OCH3 is 1. The molecule has 0 bridgehead atoms. The number of rotatable bonds is 9. The minimum atomic E-state index is -0.351. The van der Waals surface area contributed by atoms with E-state index < -0.39 is 0 Å². The Bertz CT molecular complexity index is 415. The number of ketones is 1. The molecule has 2 aliphatic rings. The van der Waals surface area contributed by atoms with Crippen molar-refractivity contribution in [3.8, 4) is 0 Å². The number of amides is 1. The average molecular weight is 326 g/mol. The number of unbranched alkanes of at least 4 members (excludes halogenated alkanes) is 1. The van der Waals surface area contributed by atoms with Gasteiger partial charge in [0.25, 0.3) is 0 Å². The van der Waals surface area contributed by atoms with Crippen LogP contribution in [-0.4, -0.2) is 61.8 Å².